The third kappa shape index (κ3) is 2.74. The molecule has 0 aromatic heterocycles. The summed E-state index contributed by atoms with van der Waals surface area (Å²) in [5, 5.41) is 0. The first-order valence-electron chi connectivity index (χ1n) is 5.79. The molecule has 0 spiro atoms. The van der Waals surface area contributed by atoms with E-state index in [1.807, 2.05) is 6.07 Å². The van der Waals surface area contributed by atoms with Crippen LogP contribution in [0.1, 0.15) is 17.5 Å². The lowest BCUT2D eigenvalue weighted by Crippen LogP contribution is -2.13. The van der Waals surface area contributed by atoms with Crippen LogP contribution in [0.2, 0.25) is 0 Å². The standard InChI is InChI=1S/C13H19NO2/c1-10-2-3-12(7-14)13(6-10)16-9-11-4-5-15-8-11/h2-3,6,11H,4-5,7-9,14H2,1H3. The van der Waals surface area contributed by atoms with E-state index < -0.39 is 0 Å². The van der Waals surface area contributed by atoms with Crippen LogP contribution < -0.4 is 10.5 Å². The van der Waals surface area contributed by atoms with Crippen molar-refractivity contribution in [2.75, 3.05) is 19.8 Å². The van der Waals surface area contributed by atoms with Crippen LogP contribution in [0.4, 0.5) is 0 Å². The summed E-state index contributed by atoms with van der Waals surface area (Å²) in [6.45, 7) is 5.01. The molecule has 1 saturated heterocycles. The largest absolute Gasteiger partial charge is 0.493 e. The zero-order valence-corrected chi connectivity index (χ0v) is 9.74. The predicted molar refractivity (Wildman–Crippen MR) is 63.5 cm³/mol. The van der Waals surface area contributed by atoms with Crippen molar-refractivity contribution in [2.45, 2.75) is 19.9 Å². The van der Waals surface area contributed by atoms with Crippen LogP contribution in [-0.4, -0.2) is 19.8 Å². The van der Waals surface area contributed by atoms with Gasteiger partial charge in [-0.2, -0.15) is 0 Å². The summed E-state index contributed by atoms with van der Waals surface area (Å²) in [5.74, 6) is 1.46. The van der Waals surface area contributed by atoms with E-state index >= 15 is 0 Å². The molecule has 3 nitrogen and oxygen atoms in total. The van der Waals surface area contributed by atoms with Crippen LogP contribution >= 0.6 is 0 Å². The predicted octanol–water partition coefficient (Wildman–Crippen LogP) is 1.87. The van der Waals surface area contributed by atoms with E-state index in [-0.39, 0.29) is 0 Å². The minimum Gasteiger partial charge on any atom is -0.493 e. The molecular weight excluding hydrogens is 202 g/mol. The van der Waals surface area contributed by atoms with Gasteiger partial charge in [0.2, 0.25) is 0 Å². The molecule has 0 aliphatic carbocycles. The highest BCUT2D eigenvalue weighted by Crippen LogP contribution is 2.22. The fourth-order valence-corrected chi connectivity index (χ4v) is 1.89. The van der Waals surface area contributed by atoms with Gasteiger partial charge in [-0.05, 0) is 25.0 Å². The summed E-state index contributed by atoms with van der Waals surface area (Å²) in [6.07, 6.45) is 1.10. The van der Waals surface area contributed by atoms with Crippen LogP contribution in [0.5, 0.6) is 5.75 Å². The van der Waals surface area contributed by atoms with Crippen molar-refractivity contribution in [3.63, 3.8) is 0 Å². The molecule has 16 heavy (non-hydrogen) atoms. The van der Waals surface area contributed by atoms with Crippen molar-refractivity contribution in [3.05, 3.63) is 29.3 Å². The first-order valence-corrected chi connectivity index (χ1v) is 5.79. The second kappa shape index (κ2) is 5.32. The SMILES string of the molecule is Cc1ccc(CN)c(OCC2CCOC2)c1. The van der Waals surface area contributed by atoms with Gasteiger partial charge in [0.1, 0.15) is 5.75 Å². The number of hydrogen-bond acceptors (Lipinski definition) is 3. The second-order valence-electron chi connectivity index (χ2n) is 4.36. The van der Waals surface area contributed by atoms with Gasteiger partial charge < -0.3 is 15.2 Å². The third-order valence-electron chi connectivity index (χ3n) is 2.94. The third-order valence-corrected chi connectivity index (χ3v) is 2.94. The van der Waals surface area contributed by atoms with Crippen LogP contribution in [0.25, 0.3) is 0 Å². The summed E-state index contributed by atoms with van der Waals surface area (Å²) in [4.78, 5) is 0. The van der Waals surface area contributed by atoms with Crippen LogP contribution in [0.3, 0.4) is 0 Å². The van der Waals surface area contributed by atoms with E-state index in [1.165, 1.54) is 5.56 Å². The summed E-state index contributed by atoms with van der Waals surface area (Å²) in [5.41, 5.74) is 7.96. The van der Waals surface area contributed by atoms with E-state index in [4.69, 9.17) is 15.2 Å². The Balaban J connectivity index is 1.98. The summed E-state index contributed by atoms with van der Waals surface area (Å²) >= 11 is 0. The zero-order chi connectivity index (χ0) is 11.4. The smallest absolute Gasteiger partial charge is 0.124 e. The van der Waals surface area contributed by atoms with Gasteiger partial charge in [-0.3, -0.25) is 0 Å². The molecule has 2 rings (SSSR count). The molecule has 2 N–H and O–H groups in total. The maximum Gasteiger partial charge on any atom is 0.124 e. The van der Waals surface area contributed by atoms with Gasteiger partial charge in [0.05, 0.1) is 13.2 Å². The number of benzene rings is 1. The lowest BCUT2D eigenvalue weighted by Gasteiger charge is -2.13. The zero-order valence-electron chi connectivity index (χ0n) is 9.74. The van der Waals surface area contributed by atoms with Gasteiger partial charge in [0, 0.05) is 24.6 Å². The van der Waals surface area contributed by atoms with E-state index in [1.54, 1.807) is 0 Å². The van der Waals surface area contributed by atoms with Crippen LogP contribution in [0.15, 0.2) is 18.2 Å². The highest BCUT2D eigenvalue weighted by molar-refractivity contribution is 5.36. The Labute approximate surface area is 96.5 Å². The first kappa shape index (κ1) is 11.4. The molecule has 1 aliphatic heterocycles. The molecule has 1 unspecified atom stereocenters. The average Bonchev–Trinajstić information content (AvgIpc) is 2.79. The molecule has 0 saturated carbocycles. The summed E-state index contributed by atoms with van der Waals surface area (Å²) < 4.78 is 11.2. The van der Waals surface area contributed by atoms with Gasteiger partial charge in [-0.1, -0.05) is 12.1 Å². The Kier molecular flexibility index (Phi) is 3.80. The number of aryl methyl sites for hydroxylation is 1. The minimum absolute atomic E-state index is 0.525. The van der Waals surface area contributed by atoms with Crippen molar-refractivity contribution in [1.82, 2.24) is 0 Å². The lowest BCUT2D eigenvalue weighted by atomic mass is 10.1. The first-order chi connectivity index (χ1) is 7.79. The van der Waals surface area contributed by atoms with E-state index in [2.05, 4.69) is 19.1 Å². The molecule has 1 aliphatic rings. The number of nitrogens with two attached hydrogens (primary N) is 1. The molecule has 1 heterocycles. The molecule has 0 bridgehead atoms. The topological polar surface area (TPSA) is 44.5 Å². The van der Waals surface area contributed by atoms with Gasteiger partial charge in [0.15, 0.2) is 0 Å². The van der Waals surface area contributed by atoms with Crippen molar-refractivity contribution >= 4 is 0 Å². The Bertz CT molecular complexity index is 346. The quantitative estimate of drug-likeness (QED) is 0.844. The Morgan fingerprint density at radius 1 is 1.50 bits per heavy atom. The van der Waals surface area contributed by atoms with Crippen molar-refractivity contribution in [2.24, 2.45) is 11.7 Å². The maximum atomic E-state index is 5.83. The molecule has 1 aromatic carbocycles. The maximum absolute atomic E-state index is 5.83. The molecule has 88 valence electrons. The summed E-state index contributed by atoms with van der Waals surface area (Å²) in [6, 6.07) is 6.15. The van der Waals surface area contributed by atoms with Crippen molar-refractivity contribution in [3.8, 4) is 5.75 Å². The van der Waals surface area contributed by atoms with Gasteiger partial charge >= 0.3 is 0 Å². The highest BCUT2D eigenvalue weighted by Gasteiger charge is 2.16. The van der Waals surface area contributed by atoms with E-state index in [0.29, 0.717) is 12.5 Å². The van der Waals surface area contributed by atoms with Gasteiger partial charge in [-0.15, -0.1) is 0 Å². The van der Waals surface area contributed by atoms with Crippen LogP contribution in [0, 0.1) is 12.8 Å². The van der Waals surface area contributed by atoms with E-state index in [9.17, 15) is 0 Å². The Morgan fingerprint density at radius 3 is 3.06 bits per heavy atom. The molecule has 1 atom stereocenters. The van der Waals surface area contributed by atoms with Crippen molar-refractivity contribution < 1.29 is 9.47 Å². The van der Waals surface area contributed by atoms with E-state index in [0.717, 1.165) is 37.6 Å². The van der Waals surface area contributed by atoms with Crippen LogP contribution in [-0.2, 0) is 11.3 Å². The Hall–Kier alpha value is -1.06. The molecular formula is C13H19NO2. The second-order valence-corrected chi connectivity index (χ2v) is 4.36. The fourth-order valence-electron chi connectivity index (χ4n) is 1.89. The van der Waals surface area contributed by atoms with Gasteiger partial charge in [-0.25, -0.2) is 0 Å². The normalized spacial score (nSPS) is 20.0. The minimum atomic E-state index is 0.525. The molecule has 1 fully saturated rings. The number of ether oxygens (including phenoxy) is 2. The average molecular weight is 221 g/mol. The van der Waals surface area contributed by atoms with Crippen molar-refractivity contribution in [1.29, 1.82) is 0 Å². The fraction of sp³-hybridized carbons (Fsp3) is 0.538. The Morgan fingerprint density at radius 2 is 2.38 bits per heavy atom. The van der Waals surface area contributed by atoms with Gasteiger partial charge in [0.25, 0.3) is 0 Å². The summed E-state index contributed by atoms with van der Waals surface area (Å²) in [7, 11) is 0. The number of rotatable bonds is 4. The monoisotopic (exact) mass is 221 g/mol. The molecule has 0 amide bonds. The molecule has 3 heteroatoms. The lowest BCUT2D eigenvalue weighted by molar-refractivity contribution is 0.166. The highest BCUT2D eigenvalue weighted by atomic mass is 16.5. The molecule has 0 radical (unpaired) electrons. The molecule has 1 aromatic rings. The number of hydrogen-bond donors (Lipinski definition) is 1.